The Kier molecular flexibility index (Phi) is 16.0. The quantitative estimate of drug-likeness (QED) is 0.129. The Morgan fingerprint density at radius 2 is 0.447 bits per heavy atom. The normalized spacial score (nSPS) is 13.6. The summed E-state index contributed by atoms with van der Waals surface area (Å²) < 4.78 is 17.1. The number of benzene rings is 18. The smallest absolute Gasteiger partial charge is 0.135 e. The third-order valence-electron chi connectivity index (χ3n) is 27.2. The minimum atomic E-state index is -0.234. The van der Waals surface area contributed by atoms with Gasteiger partial charge in [0.05, 0.1) is 22.1 Å². The van der Waals surface area contributed by atoms with Crippen molar-refractivity contribution in [2.24, 2.45) is 0 Å². The molecular formula is C117H84N4O2. The van der Waals surface area contributed by atoms with Crippen LogP contribution in [0.2, 0.25) is 0 Å². The number of furan rings is 2. The third kappa shape index (κ3) is 11.2. The molecule has 0 unspecified atom stereocenters. The molecule has 0 atom stereocenters. The Hall–Kier alpha value is -15.2. The standard InChI is InChI=1S/C60H44N2O.C57H40N2O/c1-59(2)51-17-9-5-13-43(51)44-29-26-40(34-52(44)59)61(39-24-21-37(22-25-39)38-23-32-58-50(33-38)49-16-8-12-20-57(49)63-58)41-27-30-45-46-31-28-42(36-54(46)60(3,4)53(45)35-41)62-55-18-10-6-14-47(55)48-15-7-11-19-56(48)62;1-57(2)51-15-7-3-11-45(51)46-33-32-44(36-52(46)57)58(42-28-23-39(24-29-42)40-25-34-56-50(35-40)49-14-6-10-18-55(49)60-56)41-26-19-37(20-27-41)38-21-30-43(31-22-38)59-53-16-8-4-12-47(53)48-13-5-9-17-54(48)59/h5-36H,1-4H3;3-36H,1-2H3. The van der Waals surface area contributed by atoms with Gasteiger partial charge in [-0.05, 0) is 258 Å². The first kappa shape index (κ1) is 71.8. The van der Waals surface area contributed by atoms with Gasteiger partial charge in [-0.1, -0.05) is 284 Å². The zero-order valence-corrected chi connectivity index (χ0v) is 69.2. The Labute approximate surface area is 714 Å². The van der Waals surface area contributed by atoms with Crippen molar-refractivity contribution in [3.8, 4) is 78.1 Å². The maximum Gasteiger partial charge on any atom is 0.135 e. The van der Waals surface area contributed by atoms with E-state index >= 15 is 0 Å². The third-order valence-corrected chi connectivity index (χ3v) is 27.2. The molecule has 0 saturated heterocycles. The minimum Gasteiger partial charge on any atom is -0.456 e. The largest absolute Gasteiger partial charge is 0.456 e. The first-order valence-electron chi connectivity index (χ1n) is 42.8. The molecule has 0 aliphatic heterocycles. The van der Waals surface area contributed by atoms with Gasteiger partial charge < -0.3 is 27.8 Å². The van der Waals surface area contributed by atoms with E-state index in [1.54, 1.807) is 0 Å². The van der Waals surface area contributed by atoms with Gasteiger partial charge in [0.2, 0.25) is 0 Å². The van der Waals surface area contributed by atoms with E-state index in [0.717, 1.165) is 94.8 Å². The molecule has 0 spiro atoms. The number of nitrogens with zero attached hydrogens (tertiary/aromatic N) is 4. The van der Waals surface area contributed by atoms with Gasteiger partial charge in [0.25, 0.3) is 0 Å². The van der Waals surface area contributed by atoms with Gasteiger partial charge >= 0.3 is 0 Å². The van der Waals surface area contributed by atoms with Crippen LogP contribution in [0.15, 0.2) is 409 Å². The van der Waals surface area contributed by atoms with E-state index in [9.17, 15) is 0 Å². The second-order valence-electron chi connectivity index (χ2n) is 35.1. The van der Waals surface area contributed by atoms with Crippen molar-refractivity contribution in [2.75, 3.05) is 9.80 Å². The number of fused-ring (bicyclic) bond motifs is 21. The van der Waals surface area contributed by atoms with Gasteiger partial charge in [0.15, 0.2) is 0 Å². The van der Waals surface area contributed by atoms with Crippen LogP contribution in [-0.4, -0.2) is 9.13 Å². The zero-order valence-electron chi connectivity index (χ0n) is 69.2. The fraction of sp³-hybridized carbons (Fsp3) is 0.0769. The average Bonchev–Trinajstić information content (AvgIpc) is 1.58. The first-order chi connectivity index (χ1) is 60.2. The summed E-state index contributed by atoms with van der Waals surface area (Å²) in [6.07, 6.45) is 0. The molecule has 6 heteroatoms. The zero-order chi connectivity index (χ0) is 82.1. The Morgan fingerprint density at radius 1 is 0.187 bits per heavy atom. The molecule has 18 aromatic carbocycles. The molecule has 4 heterocycles. The second-order valence-corrected chi connectivity index (χ2v) is 35.1. The van der Waals surface area contributed by atoms with Crippen LogP contribution in [0.3, 0.4) is 0 Å². The lowest BCUT2D eigenvalue weighted by Gasteiger charge is -2.30. The van der Waals surface area contributed by atoms with Gasteiger partial charge in [-0.25, -0.2) is 0 Å². The van der Waals surface area contributed by atoms with Crippen LogP contribution in [-0.2, 0) is 16.2 Å². The average molecular weight is 1580 g/mol. The number of anilines is 6. The fourth-order valence-corrected chi connectivity index (χ4v) is 21.0. The molecule has 123 heavy (non-hydrogen) atoms. The lowest BCUT2D eigenvalue weighted by Crippen LogP contribution is -2.18. The van der Waals surface area contributed by atoms with Crippen molar-refractivity contribution in [1.29, 1.82) is 0 Å². The summed E-state index contributed by atoms with van der Waals surface area (Å²) in [5.74, 6) is 0. The van der Waals surface area contributed by atoms with Crippen LogP contribution in [0.4, 0.5) is 34.1 Å². The maximum absolute atomic E-state index is 6.17. The van der Waals surface area contributed by atoms with Gasteiger partial charge in [0.1, 0.15) is 22.3 Å². The van der Waals surface area contributed by atoms with E-state index in [4.69, 9.17) is 8.83 Å². The van der Waals surface area contributed by atoms with Crippen LogP contribution in [0.5, 0.6) is 0 Å². The van der Waals surface area contributed by atoms with E-state index < -0.39 is 0 Å². The molecule has 6 nitrogen and oxygen atoms in total. The highest BCUT2D eigenvalue weighted by Gasteiger charge is 2.40. The van der Waals surface area contributed by atoms with Crippen molar-refractivity contribution in [2.45, 2.75) is 57.8 Å². The molecule has 0 N–H and O–H groups in total. The molecule has 0 saturated carbocycles. The number of rotatable bonds is 11. The van der Waals surface area contributed by atoms with Crippen LogP contribution in [0, 0.1) is 0 Å². The highest BCUT2D eigenvalue weighted by molar-refractivity contribution is 6.12. The molecule has 0 fully saturated rings. The highest BCUT2D eigenvalue weighted by atomic mass is 16.3. The Bertz CT molecular complexity index is 7980. The highest BCUT2D eigenvalue weighted by Crippen LogP contribution is 2.56. The lowest BCUT2D eigenvalue weighted by molar-refractivity contribution is 0.659. The Morgan fingerprint density at radius 3 is 0.846 bits per heavy atom. The molecule has 3 aliphatic carbocycles. The van der Waals surface area contributed by atoms with Gasteiger partial charge in [-0.3, -0.25) is 0 Å². The number of hydrogen-bond donors (Lipinski definition) is 0. The summed E-state index contributed by atoms with van der Waals surface area (Å²) in [7, 11) is 0. The molecule has 22 aromatic rings. The molecule has 0 bridgehead atoms. The lowest BCUT2D eigenvalue weighted by atomic mass is 9.82. The summed E-state index contributed by atoms with van der Waals surface area (Å²) in [5.41, 5.74) is 40.3. The van der Waals surface area contributed by atoms with Gasteiger partial charge in [-0.15, -0.1) is 0 Å². The maximum atomic E-state index is 6.17. The molecule has 4 aromatic heterocycles. The molecule has 3 aliphatic rings. The van der Waals surface area contributed by atoms with Gasteiger partial charge in [-0.2, -0.15) is 0 Å². The summed E-state index contributed by atoms with van der Waals surface area (Å²) in [6, 6.07) is 147. The monoisotopic (exact) mass is 1580 g/mol. The van der Waals surface area contributed by atoms with E-state index in [2.05, 4.69) is 437 Å². The number of hydrogen-bond acceptors (Lipinski definition) is 4. The van der Waals surface area contributed by atoms with Crippen molar-refractivity contribution >= 4 is 122 Å². The minimum absolute atomic E-state index is 0.109. The van der Waals surface area contributed by atoms with E-state index in [0.29, 0.717) is 0 Å². The van der Waals surface area contributed by atoms with Gasteiger partial charge in [0, 0.05) is 105 Å². The van der Waals surface area contributed by atoms with Crippen LogP contribution >= 0.6 is 0 Å². The number of aromatic nitrogens is 2. The molecule has 584 valence electrons. The second kappa shape index (κ2) is 27.4. The molecule has 0 radical (unpaired) electrons. The van der Waals surface area contributed by atoms with Crippen LogP contribution < -0.4 is 9.80 Å². The first-order valence-corrected chi connectivity index (χ1v) is 42.8. The topological polar surface area (TPSA) is 42.6 Å². The van der Waals surface area contributed by atoms with Crippen LogP contribution in [0.25, 0.3) is 166 Å². The van der Waals surface area contributed by atoms with Crippen molar-refractivity contribution < 1.29 is 8.83 Å². The van der Waals surface area contributed by atoms with Crippen molar-refractivity contribution in [3.63, 3.8) is 0 Å². The fourth-order valence-electron chi connectivity index (χ4n) is 21.0. The summed E-state index contributed by atoms with van der Waals surface area (Å²) in [4.78, 5) is 4.85. The number of para-hydroxylation sites is 6. The van der Waals surface area contributed by atoms with Crippen LogP contribution in [0.1, 0.15) is 74.9 Å². The summed E-state index contributed by atoms with van der Waals surface area (Å²) in [5, 5.41) is 9.66. The van der Waals surface area contributed by atoms with E-state index in [-0.39, 0.29) is 16.2 Å². The summed E-state index contributed by atoms with van der Waals surface area (Å²) >= 11 is 0. The SMILES string of the molecule is CC1(C)c2ccccc2-c2ccc(N(c3ccc(-c4ccc(-n5c6ccccc6c6ccccc65)cc4)cc3)c3ccc(-c4ccc5oc6ccccc6c5c4)cc3)cc21.CC1(C)c2ccccc2-c2ccc(N(c3ccc(-c4ccc5oc6ccccc6c5c4)cc3)c3ccc4c(c3)C(C)(C)c3cc(-n5c6ccccc6c6ccccc65)ccc3-4)cc21. The molecular weight excluding hydrogens is 1490 g/mol. The molecule has 0 amide bonds. The predicted octanol–water partition coefficient (Wildman–Crippen LogP) is 32.2. The summed E-state index contributed by atoms with van der Waals surface area (Å²) in [6.45, 7) is 14.2. The van der Waals surface area contributed by atoms with Crippen molar-refractivity contribution in [3.05, 3.63) is 434 Å². The molecule has 25 rings (SSSR count). The predicted molar refractivity (Wildman–Crippen MR) is 514 cm³/mol. The van der Waals surface area contributed by atoms with Crippen molar-refractivity contribution in [1.82, 2.24) is 9.13 Å². The van der Waals surface area contributed by atoms with E-state index in [1.165, 1.54) is 138 Å². The Balaban J connectivity index is 0.000000139. The van der Waals surface area contributed by atoms with E-state index in [1.807, 2.05) is 24.3 Å².